The summed E-state index contributed by atoms with van der Waals surface area (Å²) < 4.78 is 2.09. The largest absolute Gasteiger partial charge is 0.295 e. The minimum absolute atomic E-state index is 0.590. The van der Waals surface area contributed by atoms with Gasteiger partial charge in [-0.25, -0.2) is 9.50 Å². The smallest absolute Gasteiger partial charge is 0.212 e. The maximum Gasteiger partial charge on any atom is 0.212 e. The van der Waals surface area contributed by atoms with E-state index in [4.69, 9.17) is 10.1 Å². The topological polar surface area (TPSA) is 33.4 Å². The fourth-order valence-corrected chi connectivity index (χ4v) is 3.77. The molecular formula is C14H22N4S. The SMILES string of the molecule is CC(C)Cc1nn2c3c(nc2s1)CCN(C(C)C)C3. The van der Waals surface area contributed by atoms with Crippen LogP contribution in [0.25, 0.3) is 4.96 Å². The number of hydrogen-bond donors (Lipinski definition) is 0. The lowest BCUT2D eigenvalue weighted by molar-refractivity contribution is 0.198. The molecule has 0 aliphatic carbocycles. The van der Waals surface area contributed by atoms with Crippen molar-refractivity contribution in [1.29, 1.82) is 0 Å². The first-order valence-electron chi connectivity index (χ1n) is 7.15. The third-order valence-corrected chi connectivity index (χ3v) is 4.65. The molecule has 3 rings (SSSR count). The van der Waals surface area contributed by atoms with Gasteiger partial charge in [-0.3, -0.25) is 4.90 Å². The number of nitrogens with zero attached hydrogens (tertiary/aromatic N) is 4. The van der Waals surface area contributed by atoms with Crippen LogP contribution >= 0.6 is 11.3 Å². The molecule has 0 atom stereocenters. The summed E-state index contributed by atoms with van der Waals surface area (Å²) in [7, 11) is 0. The van der Waals surface area contributed by atoms with Crippen LogP contribution in [0.2, 0.25) is 0 Å². The van der Waals surface area contributed by atoms with E-state index in [-0.39, 0.29) is 0 Å². The Morgan fingerprint density at radius 1 is 1.26 bits per heavy atom. The minimum Gasteiger partial charge on any atom is -0.295 e. The number of imidazole rings is 1. The van der Waals surface area contributed by atoms with Gasteiger partial charge >= 0.3 is 0 Å². The monoisotopic (exact) mass is 278 g/mol. The molecule has 2 aromatic rings. The van der Waals surface area contributed by atoms with E-state index >= 15 is 0 Å². The Balaban J connectivity index is 1.94. The van der Waals surface area contributed by atoms with Gasteiger partial charge in [-0.05, 0) is 19.8 Å². The maximum absolute atomic E-state index is 4.77. The van der Waals surface area contributed by atoms with Gasteiger partial charge in [0.05, 0.1) is 11.4 Å². The summed E-state index contributed by atoms with van der Waals surface area (Å²) in [4.78, 5) is 8.34. The van der Waals surface area contributed by atoms with E-state index in [9.17, 15) is 0 Å². The molecule has 1 aliphatic rings. The Labute approximate surface area is 118 Å². The fraction of sp³-hybridized carbons (Fsp3) is 0.714. The van der Waals surface area contributed by atoms with Crippen molar-refractivity contribution in [2.45, 2.75) is 53.1 Å². The average Bonchev–Trinajstić information content (AvgIpc) is 2.84. The van der Waals surface area contributed by atoms with Crippen LogP contribution in [0.3, 0.4) is 0 Å². The molecule has 0 bridgehead atoms. The summed E-state index contributed by atoms with van der Waals surface area (Å²) in [5, 5.41) is 5.98. The van der Waals surface area contributed by atoms with Gasteiger partial charge in [-0.2, -0.15) is 5.10 Å². The Hall–Kier alpha value is -0.940. The summed E-state index contributed by atoms with van der Waals surface area (Å²) in [5.41, 5.74) is 2.56. The van der Waals surface area contributed by atoms with Crippen molar-refractivity contribution in [3.63, 3.8) is 0 Å². The van der Waals surface area contributed by atoms with Crippen molar-refractivity contribution in [2.75, 3.05) is 6.54 Å². The predicted molar refractivity (Wildman–Crippen MR) is 78.7 cm³/mol. The molecule has 3 heterocycles. The lowest BCUT2D eigenvalue weighted by Crippen LogP contribution is -2.36. The van der Waals surface area contributed by atoms with Crippen LogP contribution in [0.15, 0.2) is 0 Å². The van der Waals surface area contributed by atoms with Crippen LogP contribution in [0.5, 0.6) is 0 Å². The molecule has 1 aliphatic heterocycles. The zero-order valence-corrected chi connectivity index (χ0v) is 13.0. The van der Waals surface area contributed by atoms with Gasteiger partial charge in [0.25, 0.3) is 0 Å². The van der Waals surface area contributed by atoms with Gasteiger partial charge in [-0.1, -0.05) is 25.2 Å². The highest BCUT2D eigenvalue weighted by molar-refractivity contribution is 7.16. The highest BCUT2D eigenvalue weighted by Crippen LogP contribution is 2.25. The van der Waals surface area contributed by atoms with Crippen molar-refractivity contribution in [1.82, 2.24) is 19.5 Å². The molecule has 5 heteroatoms. The third-order valence-electron chi connectivity index (χ3n) is 3.72. The molecular weight excluding hydrogens is 256 g/mol. The van der Waals surface area contributed by atoms with Crippen molar-refractivity contribution in [2.24, 2.45) is 5.92 Å². The zero-order valence-electron chi connectivity index (χ0n) is 12.2. The molecule has 104 valence electrons. The van der Waals surface area contributed by atoms with Gasteiger partial charge < -0.3 is 0 Å². The van der Waals surface area contributed by atoms with Crippen molar-refractivity contribution >= 4 is 16.3 Å². The molecule has 0 spiro atoms. The quantitative estimate of drug-likeness (QED) is 0.865. The molecule has 0 unspecified atom stereocenters. The van der Waals surface area contributed by atoms with Crippen molar-refractivity contribution in [3.05, 3.63) is 16.4 Å². The minimum atomic E-state index is 0.590. The van der Waals surface area contributed by atoms with E-state index < -0.39 is 0 Å². The van der Waals surface area contributed by atoms with Crippen LogP contribution in [-0.4, -0.2) is 32.1 Å². The van der Waals surface area contributed by atoms with Gasteiger partial charge in [0.1, 0.15) is 5.01 Å². The number of fused-ring (bicyclic) bond motifs is 3. The average molecular weight is 278 g/mol. The Bertz CT molecular complexity index is 582. The molecule has 0 aromatic carbocycles. The van der Waals surface area contributed by atoms with E-state index in [2.05, 4.69) is 37.1 Å². The Morgan fingerprint density at radius 3 is 2.74 bits per heavy atom. The molecule has 0 radical (unpaired) electrons. The highest BCUT2D eigenvalue weighted by atomic mass is 32.1. The molecule has 2 aromatic heterocycles. The Morgan fingerprint density at radius 2 is 2.05 bits per heavy atom. The molecule has 0 saturated heterocycles. The molecule has 19 heavy (non-hydrogen) atoms. The van der Waals surface area contributed by atoms with Crippen LogP contribution in [-0.2, 0) is 19.4 Å². The second-order valence-corrected chi connectivity index (χ2v) is 7.15. The van der Waals surface area contributed by atoms with Gasteiger partial charge in [-0.15, -0.1) is 0 Å². The van der Waals surface area contributed by atoms with Crippen molar-refractivity contribution < 1.29 is 0 Å². The van der Waals surface area contributed by atoms with E-state index in [0.717, 1.165) is 30.9 Å². The second-order valence-electron chi connectivity index (χ2n) is 6.11. The normalized spacial score (nSPS) is 16.7. The molecule has 0 amide bonds. The molecule has 0 N–H and O–H groups in total. The summed E-state index contributed by atoms with van der Waals surface area (Å²) >= 11 is 1.75. The van der Waals surface area contributed by atoms with Gasteiger partial charge in [0.15, 0.2) is 0 Å². The van der Waals surface area contributed by atoms with Crippen LogP contribution in [0.4, 0.5) is 0 Å². The lowest BCUT2D eigenvalue weighted by Gasteiger charge is -2.29. The molecule has 4 nitrogen and oxygen atoms in total. The first-order valence-corrected chi connectivity index (χ1v) is 7.96. The number of rotatable bonds is 3. The maximum atomic E-state index is 4.77. The zero-order chi connectivity index (χ0) is 13.6. The van der Waals surface area contributed by atoms with Crippen molar-refractivity contribution in [3.8, 4) is 0 Å². The lowest BCUT2D eigenvalue weighted by atomic mass is 10.1. The fourth-order valence-electron chi connectivity index (χ4n) is 2.62. The van der Waals surface area contributed by atoms with Crippen LogP contribution in [0, 0.1) is 5.92 Å². The summed E-state index contributed by atoms with van der Waals surface area (Å²) in [6.45, 7) is 11.1. The summed E-state index contributed by atoms with van der Waals surface area (Å²) in [6.07, 6.45) is 2.11. The predicted octanol–water partition coefficient (Wildman–Crippen LogP) is 2.76. The van der Waals surface area contributed by atoms with Crippen LogP contribution in [0.1, 0.15) is 44.1 Å². The Kier molecular flexibility index (Phi) is 3.35. The van der Waals surface area contributed by atoms with E-state index in [1.54, 1.807) is 11.3 Å². The summed E-state index contributed by atoms with van der Waals surface area (Å²) in [6, 6.07) is 0.590. The van der Waals surface area contributed by atoms with E-state index in [1.807, 2.05) is 0 Å². The highest BCUT2D eigenvalue weighted by Gasteiger charge is 2.24. The van der Waals surface area contributed by atoms with E-state index in [1.165, 1.54) is 16.4 Å². The molecule has 0 saturated carbocycles. The first kappa shape index (κ1) is 13.1. The van der Waals surface area contributed by atoms with E-state index in [0.29, 0.717) is 12.0 Å². The number of aromatic nitrogens is 3. The first-order chi connectivity index (χ1) is 9.04. The standard InChI is InChI=1S/C14H22N4S/c1-9(2)7-13-16-18-12-8-17(10(3)4)6-5-11(12)15-14(18)19-13/h9-10H,5-8H2,1-4H3. The molecule has 0 fully saturated rings. The van der Waals surface area contributed by atoms with Gasteiger partial charge in [0, 0.05) is 32.0 Å². The third kappa shape index (κ3) is 2.41. The van der Waals surface area contributed by atoms with Crippen LogP contribution < -0.4 is 0 Å². The summed E-state index contributed by atoms with van der Waals surface area (Å²) in [5.74, 6) is 0.652. The second kappa shape index (κ2) is 4.87. The van der Waals surface area contributed by atoms with Gasteiger partial charge in [0.2, 0.25) is 4.96 Å². The number of hydrogen-bond acceptors (Lipinski definition) is 4.